The molecule has 0 atom stereocenters. The number of nitrogens with zero attached hydrogens (tertiary/aromatic N) is 3. The number of aromatic nitrogens is 1. The summed E-state index contributed by atoms with van der Waals surface area (Å²) in [4.78, 5) is 28.3. The quantitative estimate of drug-likeness (QED) is 0.708. The molecule has 2 amide bonds. The molecule has 1 aromatic heterocycles. The minimum atomic E-state index is -3.58. The van der Waals surface area contributed by atoms with Crippen molar-refractivity contribution in [1.29, 1.82) is 0 Å². The van der Waals surface area contributed by atoms with Crippen molar-refractivity contribution >= 4 is 21.8 Å². The molecule has 0 saturated carbocycles. The van der Waals surface area contributed by atoms with Crippen molar-refractivity contribution in [3.05, 3.63) is 24.5 Å². The predicted molar refractivity (Wildman–Crippen MR) is 67.9 cm³/mol. The third kappa shape index (κ3) is 2.01. The zero-order valence-electron chi connectivity index (χ0n) is 10.6. The van der Waals surface area contributed by atoms with Gasteiger partial charge in [-0.2, -0.15) is 4.31 Å². The van der Waals surface area contributed by atoms with Crippen molar-refractivity contribution in [3.8, 4) is 0 Å². The first-order valence-electron chi connectivity index (χ1n) is 6.25. The van der Waals surface area contributed by atoms with E-state index in [4.69, 9.17) is 0 Å². The average Bonchev–Trinajstić information content (AvgIpc) is 2.70. The minimum Gasteiger partial charge on any atom is -0.277 e. The number of hydrogen-bond acceptors (Lipinski definition) is 5. The molecular weight excluding hydrogens is 282 g/mol. The Morgan fingerprint density at radius 1 is 1.15 bits per heavy atom. The molecule has 2 saturated heterocycles. The molecule has 8 heteroatoms. The van der Waals surface area contributed by atoms with E-state index >= 15 is 0 Å². The van der Waals surface area contributed by atoms with Crippen LogP contribution in [0.4, 0.5) is 0 Å². The number of carbonyl (C=O) groups excluding carboxylic acids is 2. The van der Waals surface area contributed by atoms with Gasteiger partial charge in [0.15, 0.2) is 0 Å². The smallest absolute Gasteiger partial charge is 0.244 e. The molecule has 3 rings (SSSR count). The number of imide groups is 1. The lowest BCUT2D eigenvalue weighted by Gasteiger charge is -2.41. The van der Waals surface area contributed by atoms with Crippen molar-refractivity contribution in [2.75, 3.05) is 13.1 Å². The fourth-order valence-electron chi connectivity index (χ4n) is 2.43. The highest BCUT2D eigenvalue weighted by Gasteiger charge is 2.45. The van der Waals surface area contributed by atoms with Crippen LogP contribution in [-0.4, -0.2) is 53.6 Å². The molecule has 0 bridgehead atoms. The maximum absolute atomic E-state index is 12.2. The van der Waals surface area contributed by atoms with Gasteiger partial charge in [0, 0.05) is 38.3 Å². The van der Waals surface area contributed by atoms with Crippen molar-refractivity contribution in [2.24, 2.45) is 0 Å². The second kappa shape index (κ2) is 4.64. The summed E-state index contributed by atoms with van der Waals surface area (Å²) in [6.07, 6.45) is 3.24. The molecule has 0 aromatic carbocycles. The molecule has 7 nitrogen and oxygen atoms in total. The molecular formula is C12H13N3O4S. The molecule has 0 unspecified atom stereocenters. The van der Waals surface area contributed by atoms with E-state index in [0.29, 0.717) is 0 Å². The van der Waals surface area contributed by atoms with Crippen LogP contribution >= 0.6 is 0 Å². The van der Waals surface area contributed by atoms with Gasteiger partial charge in [0.2, 0.25) is 21.8 Å². The Balaban J connectivity index is 1.72. The van der Waals surface area contributed by atoms with Gasteiger partial charge < -0.3 is 0 Å². The first kappa shape index (κ1) is 13.2. The summed E-state index contributed by atoms with van der Waals surface area (Å²) >= 11 is 0. The average molecular weight is 295 g/mol. The van der Waals surface area contributed by atoms with E-state index in [-0.39, 0.29) is 48.7 Å². The summed E-state index contributed by atoms with van der Waals surface area (Å²) in [6.45, 7) is 0.323. The fourth-order valence-corrected chi connectivity index (χ4v) is 3.91. The molecule has 0 aliphatic carbocycles. The van der Waals surface area contributed by atoms with E-state index in [1.54, 1.807) is 6.07 Å². The van der Waals surface area contributed by atoms with Gasteiger partial charge in [-0.3, -0.25) is 19.5 Å². The molecule has 2 aliphatic heterocycles. The normalized spacial score (nSPS) is 21.3. The summed E-state index contributed by atoms with van der Waals surface area (Å²) in [6, 6.07) is 2.70. The van der Waals surface area contributed by atoms with Crippen molar-refractivity contribution < 1.29 is 18.0 Å². The van der Waals surface area contributed by atoms with Crippen LogP contribution in [0.15, 0.2) is 29.4 Å². The lowest BCUT2D eigenvalue weighted by atomic mass is 10.1. The summed E-state index contributed by atoms with van der Waals surface area (Å²) in [5.41, 5.74) is 0. The zero-order valence-corrected chi connectivity index (χ0v) is 11.4. The van der Waals surface area contributed by atoms with Gasteiger partial charge in [0.25, 0.3) is 0 Å². The summed E-state index contributed by atoms with van der Waals surface area (Å²) in [7, 11) is -3.58. The number of sulfonamides is 1. The van der Waals surface area contributed by atoms with Gasteiger partial charge >= 0.3 is 0 Å². The summed E-state index contributed by atoms with van der Waals surface area (Å²) < 4.78 is 25.7. The third-order valence-electron chi connectivity index (χ3n) is 3.56. The highest BCUT2D eigenvalue weighted by atomic mass is 32.2. The SMILES string of the molecule is O=C1CCC(=O)N1C1CN(S(=O)(=O)c2cccnc2)C1. The molecule has 1 aromatic rings. The van der Waals surface area contributed by atoms with Crippen molar-refractivity contribution in [3.63, 3.8) is 0 Å². The van der Waals surface area contributed by atoms with Crippen LogP contribution in [0.2, 0.25) is 0 Å². The maximum atomic E-state index is 12.2. The Hall–Kier alpha value is -1.80. The molecule has 3 heterocycles. The molecule has 0 N–H and O–H groups in total. The topological polar surface area (TPSA) is 87.7 Å². The van der Waals surface area contributed by atoms with Crippen LogP contribution in [0.3, 0.4) is 0 Å². The van der Waals surface area contributed by atoms with Crippen molar-refractivity contribution in [2.45, 2.75) is 23.8 Å². The monoisotopic (exact) mass is 295 g/mol. The summed E-state index contributed by atoms with van der Waals surface area (Å²) in [5, 5.41) is 0. The molecule has 2 aliphatic rings. The number of hydrogen-bond donors (Lipinski definition) is 0. The Kier molecular flexibility index (Phi) is 3.06. The van der Waals surface area contributed by atoms with E-state index in [2.05, 4.69) is 4.98 Å². The second-order valence-electron chi connectivity index (χ2n) is 4.82. The molecule has 20 heavy (non-hydrogen) atoms. The van der Waals surface area contributed by atoms with Gasteiger partial charge in [-0.05, 0) is 12.1 Å². The lowest BCUT2D eigenvalue weighted by molar-refractivity contribution is -0.143. The van der Waals surface area contributed by atoms with E-state index < -0.39 is 10.0 Å². The van der Waals surface area contributed by atoms with Crippen LogP contribution in [0.25, 0.3) is 0 Å². The first-order valence-corrected chi connectivity index (χ1v) is 7.69. The first-order chi connectivity index (χ1) is 9.50. The molecule has 106 valence electrons. The molecule has 0 radical (unpaired) electrons. The number of amides is 2. The fraction of sp³-hybridized carbons (Fsp3) is 0.417. The van der Waals surface area contributed by atoms with E-state index in [9.17, 15) is 18.0 Å². The molecule has 0 spiro atoms. The minimum absolute atomic E-state index is 0.123. The largest absolute Gasteiger partial charge is 0.277 e. The number of rotatable bonds is 3. The Labute approximate surface area is 116 Å². The Morgan fingerprint density at radius 3 is 2.35 bits per heavy atom. The van der Waals surface area contributed by atoms with Crippen LogP contribution in [-0.2, 0) is 19.6 Å². The van der Waals surface area contributed by atoms with Gasteiger partial charge in [-0.1, -0.05) is 0 Å². The van der Waals surface area contributed by atoms with Gasteiger partial charge in [0.05, 0.1) is 6.04 Å². The van der Waals surface area contributed by atoms with Crippen LogP contribution in [0, 0.1) is 0 Å². The number of pyridine rings is 1. The number of carbonyl (C=O) groups is 2. The predicted octanol–water partition coefficient (Wildman–Crippen LogP) is -0.397. The van der Waals surface area contributed by atoms with Crippen molar-refractivity contribution in [1.82, 2.24) is 14.2 Å². The highest BCUT2D eigenvalue weighted by molar-refractivity contribution is 7.89. The molecule has 2 fully saturated rings. The van der Waals surface area contributed by atoms with Gasteiger partial charge in [-0.25, -0.2) is 8.42 Å². The van der Waals surface area contributed by atoms with E-state index in [1.165, 1.54) is 27.7 Å². The standard InChI is InChI=1S/C12H13N3O4S/c16-11-3-4-12(17)15(11)9-7-14(8-9)20(18,19)10-2-1-5-13-6-10/h1-2,5-6,9H,3-4,7-8H2. The third-order valence-corrected chi connectivity index (χ3v) is 5.37. The van der Waals surface area contributed by atoms with E-state index in [0.717, 1.165) is 0 Å². The maximum Gasteiger partial charge on any atom is 0.244 e. The second-order valence-corrected chi connectivity index (χ2v) is 6.76. The van der Waals surface area contributed by atoms with E-state index in [1.807, 2.05) is 0 Å². The van der Waals surface area contributed by atoms with Crippen LogP contribution in [0.1, 0.15) is 12.8 Å². The zero-order chi connectivity index (χ0) is 14.3. The Bertz CT molecular complexity index is 637. The van der Waals surface area contributed by atoms with Gasteiger partial charge in [-0.15, -0.1) is 0 Å². The van der Waals surface area contributed by atoms with Gasteiger partial charge in [0.1, 0.15) is 4.90 Å². The highest BCUT2D eigenvalue weighted by Crippen LogP contribution is 2.27. The Morgan fingerprint density at radius 2 is 1.80 bits per heavy atom. The number of likely N-dealkylation sites (tertiary alicyclic amines) is 1. The lowest BCUT2D eigenvalue weighted by Crippen LogP contribution is -2.62. The van der Waals surface area contributed by atoms with Crippen LogP contribution < -0.4 is 0 Å². The summed E-state index contributed by atoms with van der Waals surface area (Å²) in [5.74, 6) is -0.420. The van der Waals surface area contributed by atoms with Crippen LogP contribution in [0.5, 0.6) is 0 Å².